The SMILES string of the molecule is CC(C)CCCC(C)CCCC(C)CCO[C@@H]1O[C@H](CO)[C@@H](O[C@@H]2O[C@H](CO)[C@@H](O)[C@H](O)[C@H]2O)[C@H](O)[C@H]1O. The van der Waals surface area contributed by atoms with Gasteiger partial charge >= 0.3 is 0 Å². The standard InChI is InChI=1S/C27H52O11/c1-15(2)7-5-8-16(3)9-6-10-17(4)11-12-35-26-24(34)22(32)25(19(14-29)37-26)38-27-23(33)21(31)20(30)18(13-28)36-27/h15-34H,5-14H2,1-4H3/t16?,17?,18-,19-,20-,21+,22-,23-,24-,25-,26-,27+/m1/s1. The minimum absolute atomic E-state index is 0.302. The number of aliphatic hydroxyl groups excluding tert-OH is 7. The number of aliphatic hydroxyl groups is 7. The summed E-state index contributed by atoms with van der Waals surface area (Å²) in [4.78, 5) is 0. The van der Waals surface area contributed by atoms with Gasteiger partial charge in [-0.3, -0.25) is 0 Å². The van der Waals surface area contributed by atoms with Crippen LogP contribution in [-0.4, -0.2) is 117 Å². The Morgan fingerprint density at radius 3 is 1.71 bits per heavy atom. The van der Waals surface area contributed by atoms with Crippen LogP contribution in [0.5, 0.6) is 0 Å². The van der Waals surface area contributed by atoms with Gasteiger partial charge in [-0.2, -0.15) is 0 Å². The van der Waals surface area contributed by atoms with Crippen LogP contribution in [0.25, 0.3) is 0 Å². The summed E-state index contributed by atoms with van der Waals surface area (Å²) in [6.07, 6.45) is -6.42. The number of rotatable bonds is 16. The van der Waals surface area contributed by atoms with Crippen molar-refractivity contribution in [3.05, 3.63) is 0 Å². The summed E-state index contributed by atoms with van der Waals surface area (Å²) >= 11 is 0. The van der Waals surface area contributed by atoms with Crippen molar-refractivity contribution in [3.8, 4) is 0 Å². The van der Waals surface area contributed by atoms with Gasteiger partial charge in [0.15, 0.2) is 12.6 Å². The number of ether oxygens (including phenoxy) is 4. The molecule has 0 radical (unpaired) electrons. The van der Waals surface area contributed by atoms with Gasteiger partial charge in [0.25, 0.3) is 0 Å². The Morgan fingerprint density at radius 1 is 0.605 bits per heavy atom. The molecule has 11 heteroatoms. The highest BCUT2D eigenvalue weighted by Crippen LogP contribution is 2.30. The zero-order valence-corrected chi connectivity index (χ0v) is 23.3. The third-order valence-corrected chi connectivity index (χ3v) is 7.73. The first-order valence-corrected chi connectivity index (χ1v) is 14.2. The molecule has 0 aromatic carbocycles. The van der Waals surface area contributed by atoms with E-state index in [2.05, 4.69) is 27.7 Å². The van der Waals surface area contributed by atoms with Crippen molar-refractivity contribution in [3.63, 3.8) is 0 Å². The van der Waals surface area contributed by atoms with E-state index < -0.39 is 74.6 Å². The van der Waals surface area contributed by atoms with Gasteiger partial charge in [0, 0.05) is 0 Å². The summed E-state index contributed by atoms with van der Waals surface area (Å²) in [6.45, 7) is 8.05. The normalized spacial score (nSPS) is 37.9. The summed E-state index contributed by atoms with van der Waals surface area (Å²) in [6, 6.07) is 0. The van der Waals surface area contributed by atoms with E-state index >= 15 is 0 Å². The molecule has 2 aliphatic rings. The van der Waals surface area contributed by atoms with Crippen LogP contribution in [0.15, 0.2) is 0 Å². The van der Waals surface area contributed by atoms with Crippen molar-refractivity contribution in [1.29, 1.82) is 0 Å². The van der Waals surface area contributed by atoms with Crippen molar-refractivity contribution in [2.75, 3.05) is 19.8 Å². The summed E-state index contributed by atoms with van der Waals surface area (Å²) in [5.74, 6) is 1.89. The second-order valence-electron chi connectivity index (χ2n) is 11.6. The molecule has 2 heterocycles. The fourth-order valence-electron chi connectivity index (χ4n) is 5.06. The molecule has 0 aromatic rings. The minimum atomic E-state index is -1.70. The van der Waals surface area contributed by atoms with Crippen LogP contribution in [0.2, 0.25) is 0 Å². The van der Waals surface area contributed by atoms with Crippen LogP contribution in [-0.2, 0) is 18.9 Å². The van der Waals surface area contributed by atoms with E-state index in [4.69, 9.17) is 18.9 Å². The van der Waals surface area contributed by atoms with Gasteiger partial charge in [-0.25, -0.2) is 0 Å². The minimum Gasteiger partial charge on any atom is -0.394 e. The van der Waals surface area contributed by atoms with Crippen LogP contribution < -0.4 is 0 Å². The molecule has 2 rings (SSSR count). The highest BCUT2D eigenvalue weighted by Gasteiger charge is 2.50. The monoisotopic (exact) mass is 552 g/mol. The molecular weight excluding hydrogens is 500 g/mol. The average Bonchev–Trinajstić information content (AvgIpc) is 2.87. The maximum Gasteiger partial charge on any atom is 0.187 e. The average molecular weight is 553 g/mol. The summed E-state index contributed by atoms with van der Waals surface area (Å²) in [7, 11) is 0. The summed E-state index contributed by atoms with van der Waals surface area (Å²) in [5, 5.41) is 70.6. The largest absolute Gasteiger partial charge is 0.394 e. The van der Waals surface area contributed by atoms with Gasteiger partial charge in [0.1, 0.15) is 48.8 Å². The molecule has 0 bridgehead atoms. The lowest BCUT2D eigenvalue weighted by Gasteiger charge is -2.46. The van der Waals surface area contributed by atoms with E-state index in [9.17, 15) is 35.7 Å². The molecule has 7 N–H and O–H groups in total. The first kappa shape index (κ1) is 33.8. The highest BCUT2D eigenvalue weighted by molar-refractivity contribution is 4.94. The molecule has 11 nitrogen and oxygen atoms in total. The van der Waals surface area contributed by atoms with Crippen LogP contribution in [0, 0.1) is 17.8 Å². The quantitative estimate of drug-likeness (QED) is 0.140. The Morgan fingerprint density at radius 2 is 1.13 bits per heavy atom. The van der Waals surface area contributed by atoms with Gasteiger partial charge in [0.2, 0.25) is 0 Å². The summed E-state index contributed by atoms with van der Waals surface area (Å²) < 4.78 is 22.2. The van der Waals surface area contributed by atoms with Crippen LogP contribution in [0.1, 0.15) is 72.6 Å². The zero-order chi connectivity index (χ0) is 28.4. The second kappa shape index (κ2) is 16.7. The third-order valence-electron chi connectivity index (χ3n) is 7.73. The zero-order valence-electron chi connectivity index (χ0n) is 23.3. The van der Waals surface area contributed by atoms with Crippen molar-refractivity contribution in [2.24, 2.45) is 17.8 Å². The van der Waals surface area contributed by atoms with Gasteiger partial charge in [-0.15, -0.1) is 0 Å². The topological polar surface area (TPSA) is 179 Å². The van der Waals surface area contributed by atoms with Crippen LogP contribution >= 0.6 is 0 Å². The molecule has 2 unspecified atom stereocenters. The molecule has 2 saturated heterocycles. The van der Waals surface area contributed by atoms with E-state index in [1.165, 1.54) is 25.7 Å². The maximum atomic E-state index is 10.7. The van der Waals surface area contributed by atoms with Crippen molar-refractivity contribution in [2.45, 2.75) is 134 Å². The Bertz CT molecular complexity index is 634. The first-order valence-electron chi connectivity index (χ1n) is 14.2. The van der Waals surface area contributed by atoms with Gasteiger partial charge < -0.3 is 54.7 Å². The van der Waals surface area contributed by atoms with E-state index in [1.807, 2.05) is 0 Å². The number of hydrogen-bond acceptors (Lipinski definition) is 11. The third kappa shape index (κ3) is 9.88. The molecule has 0 amide bonds. The van der Waals surface area contributed by atoms with Crippen molar-refractivity contribution >= 4 is 0 Å². The first-order chi connectivity index (χ1) is 18.0. The lowest BCUT2D eigenvalue weighted by atomic mass is 9.93. The van der Waals surface area contributed by atoms with Crippen molar-refractivity contribution < 1.29 is 54.7 Å². The van der Waals surface area contributed by atoms with Gasteiger partial charge in [0.05, 0.1) is 19.8 Å². The molecule has 2 fully saturated rings. The van der Waals surface area contributed by atoms with Crippen LogP contribution in [0.3, 0.4) is 0 Å². The smallest absolute Gasteiger partial charge is 0.187 e. The molecule has 226 valence electrons. The molecular formula is C27H52O11. The Labute approximate surface area is 226 Å². The predicted octanol–water partition coefficient (Wildman–Crippen LogP) is 0.286. The lowest BCUT2D eigenvalue weighted by Crippen LogP contribution is -2.64. The van der Waals surface area contributed by atoms with Crippen molar-refractivity contribution in [1.82, 2.24) is 0 Å². The second-order valence-corrected chi connectivity index (χ2v) is 11.6. The highest BCUT2D eigenvalue weighted by atomic mass is 16.7. The Hall–Kier alpha value is -0.440. The van der Waals surface area contributed by atoms with E-state index in [1.54, 1.807) is 0 Å². The Balaban J connectivity index is 1.78. The predicted molar refractivity (Wildman–Crippen MR) is 138 cm³/mol. The number of hydrogen-bond donors (Lipinski definition) is 7. The Kier molecular flexibility index (Phi) is 14.9. The van der Waals surface area contributed by atoms with E-state index in [-0.39, 0.29) is 0 Å². The fraction of sp³-hybridized carbons (Fsp3) is 1.00. The van der Waals surface area contributed by atoms with Crippen LogP contribution in [0.4, 0.5) is 0 Å². The van der Waals surface area contributed by atoms with Gasteiger partial charge in [-0.05, 0) is 24.2 Å². The lowest BCUT2D eigenvalue weighted by molar-refractivity contribution is -0.359. The molecule has 0 aromatic heterocycles. The molecule has 38 heavy (non-hydrogen) atoms. The molecule has 0 aliphatic carbocycles. The molecule has 2 aliphatic heterocycles. The summed E-state index contributed by atoms with van der Waals surface area (Å²) in [5.41, 5.74) is 0. The fourth-order valence-corrected chi connectivity index (χ4v) is 5.06. The maximum absolute atomic E-state index is 10.7. The van der Waals surface area contributed by atoms with E-state index in [0.717, 1.165) is 31.1 Å². The molecule has 0 saturated carbocycles. The van der Waals surface area contributed by atoms with E-state index in [0.29, 0.717) is 12.5 Å². The van der Waals surface area contributed by atoms with Gasteiger partial charge in [-0.1, -0.05) is 66.2 Å². The molecule has 12 atom stereocenters. The molecule has 0 spiro atoms.